The summed E-state index contributed by atoms with van der Waals surface area (Å²) in [6.07, 6.45) is 8.02. The van der Waals surface area contributed by atoms with Crippen LogP contribution >= 0.6 is 11.3 Å². The zero-order valence-corrected chi connectivity index (χ0v) is 24.5. The Kier molecular flexibility index (Phi) is 8.20. The third-order valence-electron chi connectivity index (χ3n) is 7.60. The SMILES string of the molecule is CN(CCCCc1ccc(-c2ncc(CNC(=O)c3ccc4c(c3)NC(=O)c3ccccc3[S+]4[O-])s2)cc1)C1CC1. The van der Waals surface area contributed by atoms with Crippen LogP contribution in [0.25, 0.3) is 10.6 Å². The number of carbonyl (C=O) groups is 2. The number of anilines is 1. The number of benzene rings is 3. The van der Waals surface area contributed by atoms with Crippen molar-refractivity contribution in [3.63, 3.8) is 0 Å². The van der Waals surface area contributed by atoms with E-state index in [9.17, 15) is 14.1 Å². The number of hydrogen-bond donors (Lipinski definition) is 2. The lowest BCUT2D eigenvalue weighted by Gasteiger charge is -2.14. The molecule has 210 valence electrons. The van der Waals surface area contributed by atoms with Gasteiger partial charge in [-0.25, -0.2) is 4.98 Å². The molecule has 0 saturated heterocycles. The maximum atomic E-state index is 13.1. The number of amides is 2. The first-order valence-corrected chi connectivity index (χ1v) is 15.9. The number of aryl methyl sites for hydroxylation is 1. The standard InChI is InChI=1S/C32H32N4O3S2/c1-36(24-14-15-24)17-5-4-6-21-9-11-22(12-10-21)32-34-20-25(40-32)19-33-30(37)23-13-16-29-27(18-23)35-31(38)26-7-2-3-8-28(26)41(29)39/h2-3,7-13,16,18,20,24H,4-6,14-15,17,19H2,1H3,(H,33,37)(H,35,38). The highest BCUT2D eigenvalue weighted by Gasteiger charge is 2.30. The molecular formula is C32H32N4O3S2. The van der Waals surface area contributed by atoms with Crippen LogP contribution in [-0.2, 0) is 24.1 Å². The van der Waals surface area contributed by atoms with E-state index < -0.39 is 11.2 Å². The van der Waals surface area contributed by atoms with Crippen LogP contribution in [-0.4, -0.2) is 45.9 Å². The van der Waals surface area contributed by atoms with E-state index in [0.717, 1.165) is 27.9 Å². The number of thiazole rings is 1. The molecule has 6 rings (SSSR count). The van der Waals surface area contributed by atoms with E-state index in [-0.39, 0.29) is 11.8 Å². The highest BCUT2D eigenvalue weighted by molar-refractivity contribution is 7.91. The minimum absolute atomic E-state index is 0.280. The number of rotatable bonds is 10. The van der Waals surface area contributed by atoms with Gasteiger partial charge in [-0.3, -0.25) is 9.59 Å². The van der Waals surface area contributed by atoms with E-state index in [1.165, 1.54) is 37.8 Å². The predicted molar refractivity (Wildman–Crippen MR) is 163 cm³/mol. The van der Waals surface area contributed by atoms with Gasteiger partial charge in [-0.05, 0) is 81.6 Å². The van der Waals surface area contributed by atoms with Crippen molar-refractivity contribution in [2.75, 3.05) is 18.9 Å². The third-order valence-corrected chi connectivity index (χ3v) is 10.2. The van der Waals surface area contributed by atoms with Gasteiger partial charge < -0.3 is 20.1 Å². The van der Waals surface area contributed by atoms with Gasteiger partial charge in [0.1, 0.15) is 5.01 Å². The van der Waals surface area contributed by atoms with E-state index in [1.54, 1.807) is 60.0 Å². The van der Waals surface area contributed by atoms with Gasteiger partial charge in [0.2, 0.25) is 0 Å². The van der Waals surface area contributed by atoms with Gasteiger partial charge in [-0.15, -0.1) is 11.3 Å². The summed E-state index contributed by atoms with van der Waals surface area (Å²) in [7, 11) is 2.24. The molecule has 1 aliphatic heterocycles. The summed E-state index contributed by atoms with van der Waals surface area (Å²) in [5, 5.41) is 6.66. The van der Waals surface area contributed by atoms with Gasteiger partial charge in [0.25, 0.3) is 11.8 Å². The van der Waals surface area contributed by atoms with Crippen LogP contribution < -0.4 is 10.6 Å². The molecular weight excluding hydrogens is 553 g/mol. The van der Waals surface area contributed by atoms with Crippen molar-refractivity contribution in [1.29, 1.82) is 0 Å². The molecule has 1 aliphatic carbocycles. The van der Waals surface area contributed by atoms with Crippen molar-refractivity contribution >= 4 is 40.0 Å². The fraction of sp³-hybridized carbons (Fsp3) is 0.281. The fourth-order valence-electron chi connectivity index (χ4n) is 5.05. The second-order valence-electron chi connectivity index (χ2n) is 10.6. The van der Waals surface area contributed by atoms with Gasteiger partial charge in [-0.2, -0.15) is 0 Å². The van der Waals surface area contributed by atoms with Crippen LogP contribution in [0.3, 0.4) is 0 Å². The zero-order valence-electron chi connectivity index (χ0n) is 22.9. The average Bonchev–Trinajstić information content (AvgIpc) is 3.76. The van der Waals surface area contributed by atoms with Crippen LogP contribution in [0.5, 0.6) is 0 Å². The van der Waals surface area contributed by atoms with Crippen LogP contribution in [0.1, 0.15) is 56.8 Å². The van der Waals surface area contributed by atoms with Gasteiger partial charge in [-0.1, -0.05) is 36.4 Å². The quantitative estimate of drug-likeness (QED) is 0.179. The molecule has 1 saturated carbocycles. The summed E-state index contributed by atoms with van der Waals surface area (Å²) in [6.45, 7) is 1.52. The Morgan fingerprint density at radius 1 is 1.10 bits per heavy atom. The fourth-order valence-corrected chi connectivity index (χ4v) is 7.21. The van der Waals surface area contributed by atoms with Crippen molar-refractivity contribution in [1.82, 2.24) is 15.2 Å². The molecule has 0 spiro atoms. The molecule has 7 nitrogen and oxygen atoms in total. The maximum absolute atomic E-state index is 13.1. The number of nitrogens with zero attached hydrogens (tertiary/aromatic N) is 2. The molecule has 1 aromatic heterocycles. The molecule has 41 heavy (non-hydrogen) atoms. The number of nitrogens with one attached hydrogen (secondary N) is 2. The van der Waals surface area contributed by atoms with Gasteiger partial charge in [0.05, 0.1) is 17.8 Å². The minimum atomic E-state index is -1.53. The minimum Gasteiger partial charge on any atom is -0.606 e. The summed E-state index contributed by atoms with van der Waals surface area (Å²) in [4.78, 5) is 34.6. The molecule has 2 aliphatic rings. The lowest BCUT2D eigenvalue weighted by atomic mass is 10.1. The Bertz CT molecular complexity index is 1570. The summed E-state index contributed by atoms with van der Waals surface area (Å²) in [5.41, 5.74) is 3.55. The van der Waals surface area contributed by atoms with Crippen LogP contribution in [0, 0.1) is 0 Å². The van der Waals surface area contributed by atoms with Crippen molar-refractivity contribution in [3.8, 4) is 10.6 Å². The molecule has 1 unspecified atom stereocenters. The molecule has 2 amide bonds. The molecule has 4 aromatic rings. The van der Waals surface area contributed by atoms with E-state index in [0.29, 0.717) is 33.2 Å². The molecule has 1 atom stereocenters. The highest BCUT2D eigenvalue weighted by atomic mass is 32.2. The normalized spacial score (nSPS) is 16.1. The number of carbonyl (C=O) groups excluding carboxylic acids is 2. The number of hydrogen-bond acceptors (Lipinski definition) is 6. The largest absolute Gasteiger partial charge is 0.606 e. The third kappa shape index (κ3) is 6.38. The van der Waals surface area contributed by atoms with Crippen molar-refractivity contribution in [2.24, 2.45) is 0 Å². The smallest absolute Gasteiger partial charge is 0.260 e. The van der Waals surface area contributed by atoms with Gasteiger partial charge >= 0.3 is 0 Å². The Hall–Kier alpha value is -3.50. The summed E-state index contributed by atoms with van der Waals surface area (Å²) >= 11 is 0.0253. The van der Waals surface area contributed by atoms with Gasteiger partial charge in [0.15, 0.2) is 9.79 Å². The van der Waals surface area contributed by atoms with Crippen molar-refractivity contribution in [2.45, 2.75) is 54.5 Å². The maximum Gasteiger partial charge on any atom is 0.260 e. The second-order valence-corrected chi connectivity index (χ2v) is 13.1. The van der Waals surface area contributed by atoms with Crippen molar-refractivity contribution in [3.05, 3.63) is 94.5 Å². The molecule has 2 N–H and O–H groups in total. The van der Waals surface area contributed by atoms with Crippen molar-refractivity contribution < 1.29 is 14.1 Å². The monoisotopic (exact) mass is 584 g/mol. The van der Waals surface area contributed by atoms with Gasteiger partial charge in [0, 0.05) is 39.4 Å². The first-order valence-electron chi connectivity index (χ1n) is 13.9. The number of unbranched alkanes of at least 4 members (excludes halogenated alkanes) is 1. The summed E-state index contributed by atoms with van der Waals surface area (Å²) < 4.78 is 13.1. The topological polar surface area (TPSA) is 97.4 Å². The van der Waals surface area contributed by atoms with Crippen LogP contribution in [0.2, 0.25) is 0 Å². The zero-order chi connectivity index (χ0) is 28.3. The highest BCUT2D eigenvalue weighted by Crippen LogP contribution is 2.34. The van der Waals surface area contributed by atoms with E-state index in [1.807, 2.05) is 0 Å². The Balaban J connectivity index is 1.03. The molecule has 0 radical (unpaired) electrons. The lowest BCUT2D eigenvalue weighted by molar-refractivity contribution is 0.0949. The molecule has 9 heteroatoms. The average molecular weight is 585 g/mol. The number of fused-ring (bicyclic) bond motifs is 2. The first kappa shape index (κ1) is 27.7. The van der Waals surface area contributed by atoms with Crippen LogP contribution in [0.15, 0.2) is 82.7 Å². The van der Waals surface area contributed by atoms with E-state index in [4.69, 9.17) is 0 Å². The van der Waals surface area contributed by atoms with E-state index >= 15 is 0 Å². The summed E-state index contributed by atoms with van der Waals surface area (Å²) in [5.74, 6) is -0.621. The molecule has 0 bridgehead atoms. The Morgan fingerprint density at radius 3 is 2.71 bits per heavy atom. The first-order chi connectivity index (χ1) is 20.0. The van der Waals surface area contributed by atoms with Crippen LogP contribution in [0.4, 0.5) is 5.69 Å². The second kappa shape index (κ2) is 12.2. The summed E-state index contributed by atoms with van der Waals surface area (Å²) in [6, 6.07) is 21.1. The Labute approximate surface area is 247 Å². The lowest BCUT2D eigenvalue weighted by Crippen LogP contribution is -2.22. The van der Waals surface area contributed by atoms with E-state index in [2.05, 4.69) is 51.8 Å². The Morgan fingerprint density at radius 2 is 1.90 bits per heavy atom. The molecule has 1 fully saturated rings. The predicted octanol–water partition coefficient (Wildman–Crippen LogP) is 5.89. The number of aromatic nitrogens is 1. The molecule has 2 heterocycles. The molecule has 3 aromatic carbocycles.